The van der Waals surface area contributed by atoms with Crippen LogP contribution >= 0.6 is 0 Å². The van der Waals surface area contributed by atoms with Crippen molar-refractivity contribution in [1.82, 2.24) is 0 Å². The predicted octanol–water partition coefficient (Wildman–Crippen LogP) is 7.50. The molecule has 0 amide bonds. The molecule has 0 bridgehead atoms. The summed E-state index contributed by atoms with van der Waals surface area (Å²) >= 11 is 0. The van der Waals surface area contributed by atoms with Gasteiger partial charge in [-0.2, -0.15) is 0 Å². The normalized spacial score (nSPS) is 23.2. The van der Waals surface area contributed by atoms with Crippen LogP contribution in [0.2, 0.25) is 25.7 Å². The van der Waals surface area contributed by atoms with Gasteiger partial charge < -0.3 is 47.4 Å². The number of carbonyl (C=O) groups excluding carboxylic acids is 6. The third-order valence-electron chi connectivity index (χ3n) is 11.1. The first-order chi connectivity index (χ1) is 33.7. The Morgan fingerprint density at radius 1 is 0.486 bits per heavy atom. The molecule has 0 radical (unpaired) electrons. The fraction of sp³-hybridized carbons (Fsp3) is 0.321. The van der Waals surface area contributed by atoms with Gasteiger partial charge in [-0.05, 0) is 66.7 Å². The van der Waals surface area contributed by atoms with Gasteiger partial charge in [0.1, 0.15) is 18.8 Å². The molecule has 0 unspecified atom stereocenters. The third-order valence-corrected chi connectivity index (χ3v) is 12.8. The Kier molecular flexibility index (Phi) is 17.4. The molecule has 7 rings (SSSR count). The maximum Gasteiger partial charge on any atom is 0.338 e. The summed E-state index contributed by atoms with van der Waals surface area (Å²) in [5.41, 5.74) is 0.637. The lowest BCUT2D eigenvalue weighted by Gasteiger charge is -2.47. The highest BCUT2D eigenvalue weighted by Crippen LogP contribution is 2.35. The predicted molar refractivity (Wildman–Crippen MR) is 252 cm³/mol. The Morgan fingerprint density at radius 3 is 1.29 bits per heavy atom. The summed E-state index contributed by atoms with van der Waals surface area (Å²) in [6.07, 6.45) is -14.1. The van der Waals surface area contributed by atoms with Gasteiger partial charge in [-0.1, -0.05) is 111 Å². The molecule has 2 heterocycles. The van der Waals surface area contributed by atoms with Gasteiger partial charge in [-0.25, -0.2) is 24.0 Å². The standard InChI is InChI=1S/C53H54O16Si/c1-34(54)63-43-41(33-62-52(60-30-31-70(2,3)4)45(43)68-50(58)38-26-16-8-17-27-38)65-53-46(69-51(59)39-28-18-9-19-29-39)44(67-49(57)37-24-14-7-15-25-37)42(66-48(56)36-22-12-6-13-23-36)40(64-53)32-61-47(55)35-20-10-5-11-21-35/h5-29,40-46,52-53H,30-33H2,1-4H3/t40-,41-,42+,43+,44+,45-,46-,52+,53+/m1/s1. The minimum absolute atomic E-state index is 0.0797. The molecule has 5 aromatic carbocycles. The zero-order chi connectivity index (χ0) is 49.6. The van der Waals surface area contributed by atoms with Crippen LogP contribution in [0.25, 0.3) is 0 Å². The van der Waals surface area contributed by atoms with E-state index in [4.69, 9.17) is 47.4 Å². The van der Waals surface area contributed by atoms with E-state index >= 15 is 0 Å². The van der Waals surface area contributed by atoms with Crippen molar-refractivity contribution < 1.29 is 76.1 Å². The van der Waals surface area contributed by atoms with Gasteiger partial charge in [0.15, 0.2) is 43.1 Å². The van der Waals surface area contributed by atoms with E-state index in [9.17, 15) is 28.8 Å². The summed E-state index contributed by atoms with van der Waals surface area (Å²) in [6, 6.07) is 40.7. The molecule has 70 heavy (non-hydrogen) atoms. The molecule has 2 fully saturated rings. The summed E-state index contributed by atoms with van der Waals surface area (Å²) < 4.78 is 62.0. The van der Waals surface area contributed by atoms with Crippen molar-refractivity contribution in [2.24, 2.45) is 0 Å². The molecule has 5 aromatic rings. The smallest absolute Gasteiger partial charge is 0.338 e. The second kappa shape index (κ2) is 24.0. The highest BCUT2D eigenvalue weighted by Gasteiger charge is 2.56. The quantitative estimate of drug-likeness (QED) is 0.0475. The maximum absolute atomic E-state index is 14.2. The van der Waals surface area contributed by atoms with Crippen LogP contribution in [0.4, 0.5) is 0 Å². The molecule has 0 N–H and O–H groups in total. The van der Waals surface area contributed by atoms with Crippen molar-refractivity contribution >= 4 is 43.9 Å². The van der Waals surface area contributed by atoms with E-state index in [1.165, 1.54) is 48.5 Å². The number of carbonyl (C=O) groups is 6. The van der Waals surface area contributed by atoms with E-state index in [2.05, 4.69) is 19.6 Å². The second-order valence-corrected chi connectivity index (χ2v) is 23.2. The molecule has 0 aromatic heterocycles. The Labute approximate surface area is 406 Å². The fourth-order valence-corrected chi connectivity index (χ4v) is 8.25. The van der Waals surface area contributed by atoms with E-state index < -0.39 is 106 Å². The summed E-state index contributed by atoms with van der Waals surface area (Å²) in [5, 5.41) is 0. The van der Waals surface area contributed by atoms with Gasteiger partial charge in [0, 0.05) is 21.6 Å². The van der Waals surface area contributed by atoms with Crippen LogP contribution in [0.1, 0.15) is 58.7 Å². The first-order valence-electron chi connectivity index (χ1n) is 22.7. The number of esters is 6. The second-order valence-electron chi connectivity index (χ2n) is 17.6. The van der Waals surface area contributed by atoms with Gasteiger partial charge in [0.05, 0.1) is 34.4 Å². The van der Waals surface area contributed by atoms with E-state index in [0.29, 0.717) is 6.04 Å². The van der Waals surface area contributed by atoms with Gasteiger partial charge in [0.2, 0.25) is 0 Å². The molecule has 2 saturated heterocycles. The molecule has 9 atom stereocenters. The Bertz CT molecular complexity index is 2520. The molecular weight excluding hydrogens is 921 g/mol. The first-order valence-corrected chi connectivity index (χ1v) is 26.4. The minimum Gasteiger partial charge on any atom is -0.459 e. The van der Waals surface area contributed by atoms with Gasteiger partial charge in [-0.3, -0.25) is 4.79 Å². The number of benzene rings is 5. The van der Waals surface area contributed by atoms with Crippen molar-refractivity contribution in [3.63, 3.8) is 0 Å². The molecule has 2 aliphatic rings. The molecule has 17 heteroatoms. The minimum atomic E-state index is -1.81. The molecular formula is C53H54O16Si. The number of rotatable bonds is 18. The number of hydrogen-bond acceptors (Lipinski definition) is 16. The zero-order valence-electron chi connectivity index (χ0n) is 39.0. The number of ether oxygens (including phenoxy) is 10. The Balaban J connectivity index is 1.31. The van der Waals surface area contributed by atoms with Crippen LogP contribution < -0.4 is 0 Å². The average Bonchev–Trinajstić information content (AvgIpc) is 3.37. The van der Waals surface area contributed by atoms with Gasteiger partial charge in [0.25, 0.3) is 0 Å². The SMILES string of the molecule is CC(=O)O[C@@H]1[C@@H](OC(=O)c2ccccc2)[C@@H](OCC[Si](C)(C)C)OC[C@H]1O[C@@H]1O[C@H](COC(=O)c2ccccc2)[C@H](OC(=O)c2ccccc2)[C@H](OC(=O)c2ccccc2)[C@H]1OC(=O)c1ccccc1. The summed E-state index contributed by atoms with van der Waals surface area (Å²) in [7, 11) is -1.65. The lowest BCUT2D eigenvalue weighted by atomic mass is 9.97. The Morgan fingerprint density at radius 2 is 0.871 bits per heavy atom. The molecule has 0 aliphatic carbocycles. The summed E-state index contributed by atoms with van der Waals surface area (Å²) in [6.45, 7) is 6.87. The van der Waals surface area contributed by atoms with Crippen LogP contribution in [-0.4, -0.2) is 119 Å². The highest BCUT2D eigenvalue weighted by molar-refractivity contribution is 6.76. The van der Waals surface area contributed by atoms with E-state index in [-0.39, 0.29) is 41.0 Å². The maximum atomic E-state index is 14.2. The van der Waals surface area contributed by atoms with Crippen molar-refractivity contribution in [2.75, 3.05) is 19.8 Å². The van der Waals surface area contributed by atoms with Crippen LogP contribution in [0.3, 0.4) is 0 Å². The van der Waals surface area contributed by atoms with Crippen molar-refractivity contribution in [1.29, 1.82) is 0 Å². The average molecular weight is 975 g/mol. The van der Waals surface area contributed by atoms with Crippen molar-refractivity contribution in [2.45, 2.75) is 87.9 Å². The third kappa shape index (κ3) is 13.8. The molecule has 0 spiro atoms. The molecule has 16 nitrogen and oxygen atoms in total. The first kappa shape index (κ1) is 50.8. The summed E-state index contributed by atoms with van der Waals surface area (Å²) in [4.78, 5) is 82.6. The lowest BCUT2D eigenvalue weighted by molar-refractivity contribution is -0.341. The van der Waals surface area contributed by atoms with E-state index in [1.54, 1.807) is 103 Å². The van der Waals surface area contributed by atoms with Crippen LogP contribution in [0.5, 0.6) is 0 Å². The van der Waals surface area contributed by atoms with Crippen LogP contribution in [-0.2, 0) is 52.2 Å². The largest absolute Gasteiger partial charge is 0.459 e. The van der Waals surface area contributed by atoms with E-state index in [1.807, 2.05) is 0 Å². The van der Waals surface area contributed by atoms with Crippen LogP contribution in [0, 0.1) is 0 Å². The molecule has 2 aliphatic heterocycles. The fourth-order valence-electron chi connectivity index (χ4n) is 7.52. The monoisotopic (exact) mass is 974 g/mol. The lowest BCUT2D eigenvalue weighted by Crippen LogP contribution is -2.65. The highest BCUT2D eigenvalue weighted by atomic mass is 28.3. The zero-order valence-corrected chi connectivity index (χ0v) is 40.0. The Hall–Kier alpha value is -7.02. The van der Waals surface area contributed by atoms with Gasteiger partial charge in [-0.15, -0.1) is 0 Å². The number of hydrogen-bond donors (Lipinski definition) is 0. The topological polar surface area (TPSA) is 195 Å². The summed E-state index contributed by atoms with van der Waals surface area (Å²) in [5.74, 6) is -5.08. The van der Waals surface area contributed by atoms with E-state index in [0.717, 1.165) is 6.92 Å². The van der Waals surface area contributed by atoms with Gasteiger partial charge >= 0.3 is 35.8 Å². The molecule has 0 saturated carbocycles. The van der Waals surface area contributed by atoms with Crippen LogP contribution in [0.15, 0.2) is 152 Å². The van der Waals surface area contributed by atoms with Crippen molar-refractivity contribution in [3.8, 4) is 0 Å². The molecule has 366 valence electrons. The van der Waals surface area contributed by atoms with Crippen molar-refractivity contribution in [3.05, 3.63) is 179 Å².